The van der Waals surface area contributed by atoms with Gasteiger partial charge in [0.1, 0.15) is 6.54 Å². The Bertz CT molecular complexity index is 727. The molecule has 0 radical (unpaired) electrons. The Labute approximate surface area is 123 Å². The van der Waals surface area contributed by atoms with Gasteiger partial charge in [-0.15, -0.1) is 0 Å². The average molecular weight is 285 g/mol. The summed E-state index contributed by atoms with van der Waals surface area (Å²) in [5, 5.41) is 6.99. The number of anilines is 1. The van der Waals surface area contributed by atoms with E-state index >= 15 is 0 Å². The first-order valence-corrected chi connectivity index (χ1v) is 6.80. The second kappa shape index (κ2) is 5.91. The van der Waals surface area contributed by atoms with Crippen molar-refractivity contribution in [2.45, 2.75) is 34.2 Å². The van der Waals surface area contributed by atoms with Crippen molar-refractivity contribution in [3.8, 4) is 0 Å². The van der Waals surface area contributed by atoms with Crippen LogP contribution in [0, 0.1) is 27.7 Å². The van der Waals surface area contributed by atoms with Crippen LogP contribution in [0.3, 0.4) is 0 Å². The van der Waals surface area contributed by atoms with E-state index in [4.69, 9.17) is 0 Å². The van der Waals surface area contributed by atoms with Gasteiger partial charge in [-0.25, -0.2) is 4.68 Å². The highest BCUT2D eigenvalue weighted by Gasteiger charge is 2.10. The van der Waals surface area contributed by atoms with Crippen LogP contribution in [0.4, 0.5) is 5.69 Å². The van der Waals surface area contributed by atoms with Gasteiger partial charge in [-0.05, 0) is 44.4 Å². The molecule has 1 N–H and O–H groups in total. The number of hydrogen-bond donors (Lipinski definition) is 1. The third kappa shape index (κ3) is 3.37. The van der Waals surface area contributed by atoms with Gasteiger partial charge in [0.05, 0.1) is 5.69 Å². The maximum absolute atomic E-state index is 12.1. The van der Waals surface area contributed by atoms with Crippen molar-refractivity contribution in [3.63, 3.8) is 0 Å². The summed E-state index contributed by atoms with van der Waals surface area (Å²) in [5.74, 6) is -0.259. The molecule has 0 saturated heterocycles. The molecule has 0 aliphatic carbocycles. The molecule has 1 amide bonds. The minimum Gasteiger partial charge on any atom is -0.324 e. The normalized spacial score (nSPS) is 10.5. The SMILES string of the molecule is Cc1cc(=O)n(CC(=O)Nc2c(C)cccc2C)nc1C. The number of carbonyl (C=O) groups excluding carboxylic acids is 1. The van der Waals surface area contributed by atoms with Crippen LogP contribution in [0.1, 0.15) is 22.4 Å². The number of carbonyl (C=O) groups is 1. The molecule has 0 atom stereocenters. The van der Waals surface area contributed by atoms with Crippen molar-refractivity contribution in [2.75, 3.05) is 5.32 Å². The minimum absolute atomic E-state index is 0.0896. The van der Waals surface area contributed by atoms with E-state index in [0.717, 1.165) is 28.1 Å². The first-order chi connectivity index (χ1) is 9.88. The van der Waals surface area contributed by atoms with E-state index in [1.165, 1.54) is 10.7 Å². The van der Waals surface area contributed by atoms with Gasteiger partial charge < -0.3 is 5.32 Å². The molecule has 21 heavy (non-hydrogen) atoms. The molecule has 5 nitrogen and oxygen atoms in total. The molecule has 110 valence electrons. The Hall–Kier alpha value is -2.43. The van der Waals surface area contributed by atoms with Crippen molar-refractivity contribution in [1.29, 1.82) is 0 Å². The minimum atomic E-state index is -0.269. The monoisotopic (exact) mass is 285 g/mol. The fourth-order valence-corrected chi connectivity index (χ4v) is 2.11. The highest BCUT2D eigenvalue weighted by molar-refractivity contribution is 5.92. The number of rotatable bonds is 3. The maximum atomic E-state index is 12.1. The fourth-order valence-electron chi connectivity index (χ4n) is 2.11. The Balaban J connectivity index is 2.20. The lowest BCUT2D eigenvalue weighted by Crippen LogP contribution is -2.30. The van der Waals surface area contributed by atoms with Crippen LogP contribution in [-0.4, -0.2) is 15.7 Å². The lowest BCUT2D eigenvalue weighted by molar-refractivity contribution is -0.117. The van der Waals surface area contributed by atoms with E-state index in [1.807, 2.05) is 45.9 Å². The second-order valence-corrected chi connectivity index (χ2v) is 5.22. The largest absolute Gasteiger partial charge is 0.324 e. The lowest BCUT2D eigenvalue weighted by atomic mass is 10.1. The maximum Gasteiger partial charge on any atom is 0.267 e. The van der Waals surface area contributed by atoms with E-state index in [0.29, 0.717) is 0 Å². The quantitative estimate of drug-likeness (QED) is 0.939. The summed E-state index contributed by atoms with van der Waals surface area (Å²) in [4.78, 5) is 24.0. The molecule has 1 aromatic carbocycles. The summed E-state index contributed by atoms with van der Waals surface area (Å²) in [5.41, 5.74) is 4.07. The smallest absolute Gasteiger partial charge is 0.267 e. The standard InChI is InChI=1S/C16H19N3O2/c1-10-6-5-7-11(2)16(10)17-14(20)9-19-15(21)8-12(3)13(4)18-19/h5-8H,9H2,1-4H3,(H,17,20). The van der Waals surface area contributed by atoms with Crippen LogP contribution >= 0.6 is 0 Å². The zero-order chi connectivity index (χ0) is 15.6. The summed E-state index contributed by atoms with van der Waals surface area (Å²) < 4.78 is 1.19. The van der Waals surface area contributed by atoms with E-state index in [-0.39, 0.29) is 18.0 Å². The zero-order valence-electron chi connectivity index (χ0n) is 12.7. The molecule has 0 aliphatic rings. The number of aromatic nitrogens is 2. The van der Waals surface area contributed by atoms with Crippen LogP contribution in [0.2, 0.25) is 0 Å². The average Bonchev–Trinajstić information content (AvgIpc) is 2.40. The molecule has 1 heterocycles. The number of aryl methyl sites for hydroxylation is 4. The predicted molar refractivity (Wildman–Crippen MR) is 82.5 cm³/mol. The highest BCUT2D eigenvalue weighted by atomic mass is 16.2. The summed E-state index contributed by atoms with van der Waals surface area (Å²) in [6, 6.07) is 7.30. The molecule has 0 saturated carbocycles. The van der Waals surface area contributed by atoms with Gasteiger partial charge in [0.25, 0.3) is 5.56 Å². The molecule has 0 unspecified atom stereocenters. The van der Waals surface area contributed by atoms with Crippen LogP contribution < -0.4 is 10.9 Å². The fraction of sp³-hybridized carbons (Fsp3) is 0.312. The third-order valence-electron chi connectivity index (χ3n) is 3.47. The van der Waals surface area contributed by atoms with Crippen molar-refractivity contribution < 1.29 is 4.79 Å². The van der Waals surface area contributed by atoms with Gasteiger partial charge in [0.15, 0.2) is 0 Å². The molecular formula is C16H19N3O2. The first kappa shape index (κ1) is 15.0. The van der Waals surface area contributed by atoms with Gasteiger partial charge in [-0.1, -0.05) is 18.2 Å². The van der Waals surface area contributed by atoms with Crippen molar-refractivity contribution >= 4 is 11.6 Å². The number of hydrogen-bond acceptors (Lipinski definition) is 3. The first-order valence-electron chi connectivity index (χ1n) is 6.80. The Kier molecular flexibility index (Phi) is 4.21. The molecule has 0 bridgehead atoms. The topological polar surface area (TPSA) is 64.0 Å². The van der Waals surface area contributed by atoms with Gasteiger partial charge in [0.2, 0.25) is 5.91 Å². The highest BCUT2D eigenvalue weighted by Crippen LogP contribution is 2.19. The summed E-state index contributed by atoms with van der Waals surface area (Å²) in [6.45, 7) is 7.42. The molecular weight excluding hydrogens is 266 g/mol. The number of para-hydroxylation sites is 1. The lowest BCUT2D eigenvalue weighted by Gasteiger charge is -2.12. The Morgan fingerprint density at radius 3 is 2.38 bits per heavy atom. The number of amides is 1. The van der Waals surface area contributed by atoms with Crippen LogP contribution in [-0.2, 0) is 11.3 Å². The van der Waals surface area contributed by atoms with Crippen molar-refractivity contribution in [3.05, 3.63) is 57.0 Å². The van der Waals surface area contributed by atoms with E-state index in [9.17, 15) is 9.59 Å². The van der Waals surface area contributed by atoms with Gasteiger partial charge in [-0.2, -0.15) is 5.10 Å². The number of nitrogens with one attached hydrogen (secondary N) is 1. The third-order valence-corrected chi connectivity index (χ3v) is 3.47. The van der Waals surface area contributed by atoms with E-state index < -0.39 is 0 Å². The van der Waals surface area contributed by atoms with Gasteiger partial charge in [0, 0.05) is 11.8 Å². The number of benzene rings is 1. The van der Waals surface area contributed by atoms with Crippen LogP contribution in [0.25, 0.3) is 0 Å². The summed E-state index contributed by atoms with van der Waals surface area (Å²) in [7, 11) is 0. The van der Waals surface area contributed by atoms with E-state index in [1.54, 1.807) is 0 Å². The predicted octanol–water partition coefficient (Wildman–Crippen LogP) is 2.12. The molecule has 1 aromatic heterocycles. The molecule has 2 aromatic rings. The molecule has 0 fully saturated rings. The second-order valence-electron chi connectivity index (χ2n) is 5.22. The molecule has 2 rings (SSSR count). The Morgan fingerprint density at radius 1 is 1.14 bits per heavy atom. The van der Waals surface area contributed by atoms with Crippen molar-refractivity contribution in [2.24, 2.45) is 0 Å². The van der Waals surface area contributed by atoms with Gasteiger partial charge >= 0.3 is 0 Å². The summed E-state index contributed by atoms with van der Waals surface area (Å²) >= 11 is 0. The van der Waals surface area contributed by atoms with Crippen LogP contribution in [0.15, 0.2) is 29.1 Å². The number of nitrogens with zero attached hydrogens (tertiary/aromatic N) is 2. The van der Waals surface area contributed by atoms with Crippen LogP contribution in [0.5, 0.6) is 0 Å². The summed E-state index contributed by atoms with van der Waals surface area (Å²) in [6.07, 6.45) is 0. The Morgan fingerprint density at radius 2 is 1.76 bits per heavy atom. The van der Waals surface area contributed by atoms with Crippen molar-refractivity contribution in [1.82, 2.24) is 9.78 Å². The molecule has 0 spiro atoms. The zero-order valence-corrected chi connectivity index (χ0v) is 12.7. The van der Waals surface area contributed by atoms with E-state index in [2.05, 4.69) is 10.4 Å². The molecule has 5 heteroatoms. The van der Waals surface area contributed by atoms with Gasteiger partial charge in [-0.3, -0.25) is 9.59 Å². The molecule has 0 aliphatic heterocycles.